The van der Waals surface area contributed by atoms with Crippen LogP contribution in [0.1, 0.15) is 19.3 Å². The van der Waals surface area contributed by atoms with Crippen LogP contribution in [0.25, 0.3) is 0 Å². The van der Waals surface area contributed by atoms with E-state index in [1.807, 2.05) is 0 Å². The fourth-order valence-electron chi connectivity index (χ4n) is 3.04. The molecule has 236 valence electrons. The van der Waals surface area contributed by atoms with E-state index in [9.17, 15) is 33.9 Å². The van der Waals surface area contributed by atoms with Crippen LogP contribution in [0.15, 0.2) is 0 Å². The fourth-order valence-corrected chi connectivity index (χ4v) is 3.43. The van der Waals surface area contributed by atoms with Gasteiger partial charge in [0.1, 0.15) is 24.4 Å². The normalized spacial score (nSPS) is 11.2. The summed E-state index contributed by atoms with van der Waals surface area (Å²) in [5, 5.41) is 22.4. The Balaban J connectivity index is 4.30. The van der Waals surface area contributed by atoms with Crippen molar-refractivity contribution in [3.05, 3.63) is 0 Å². The molecule has 0 aromatic rings. The van der Waals surface area contributed by atoms with Crippen molar-refractivity contribution in [3.63, 3.8) is 0 Å². The van der Waals surface area contributed by atoms with E-state index in [1.54, 1.807) is 0 Å². The number of nitrogens with one attached hydrogen (secondary N) is 5. The SMILES string of the molecule is O=C(CCl)NCCN(CCNC(=O)CCl)C(=O)NCCCC[C@H](NC(=O)COCCOCCNC(=O)CBr)C(=O)O. The van der Waals surface area contributed by atoms with Crippen molar-refractivity contribution in [3.8, 4) is 0 Å². The van der Waals surface area contributed by atoms with Crippen LogP contribution in [0.2, 0.25) is 0 Å². The predicted molar refractivity (Wildman–Crippen MR) is 154 cm³/mol. The van der Waals surface area contributed by atoms with Crippen LogP contribution in [-0.2, 0) is 33.4 Å². The van der Waals surface area contributed by atoms with Gasteiger partial charge in [0.05, 0.1) is 25.2 Å². The second kappa shape index (κ2) is 25.3. The molecule has 0 aromatic heterocycles. The summed E-state index contributed by atoms with van der Waals surface area (Å²) in [6, 6.07) is -1.55. The summed E-state index contributed by atoms with van der Waals surface area (Å²) in [5.74, 6) is -3.12. The number of carboxylic acids is 1. The number of alkyl halides is 3. The molecule has 0 heterocycles. The molecule has 0 fully saturated rings. The minimum Gasteiger partial charge on any atom is -0.480 e. The van der Waals surface area contributed by atoms with Crippen LogP contribution < -0.4 is 26.6 Å². The number of unbranched alkanes of at least 4 members (excludes halogenated alkanes) is 1. The molecule has 0 spiro atoms. The number of hydrogen-bond acceptors (Lipinski definition) is 8. The number of halogens is 3. The summed E-state index contributed by atoms with van der Waals surface area (Å²) in [6.45, 7) is 1.51. The topological polar surface area (TPSA) is 204 Å². The number of carboxylic acid groups (broad SMARTS) is 1. The van der Waals surface area contributed by atoms with Gasteiger partial charge in [-0.05, 0) is 19.3 Å². The number of rotatable bonds is 24. The first-order valence-corrected chi connectivity index (χ1v) is 15.0. The average molecular weight is 694 g/mol. The third kappa shape index (κ3) is 21.9. The van der Waals surface area contributed by atoms with E-state index < -0.39 is 23.9 Å². The van der Waals surface area contributed by atoms with Crippen LogP contribution >= 0.6 is 39.1 Å². The van der Waals surface area contributed by atoms with E-state index in [0.29, 0.717) is 19.4 Å². The maximum Gasteiger partial charge on any atom is 0.326 e. The Morgan fingerprint density at radius 3 is 1.88 bits per heavy atom. The summed E-state index contributed by atoms with van der Waals surface area (Å²) in [7, 11) is 0. The lowest BCUT2D eigenvalue weighted by Crippen LogP contribution is -2.47. The quantitative estimate of drug-likeness (QED) is 0.0541. The third-order valence-electron chi connectivity index (χ3n) is 5.06. The van der Waals surface area contributed by atoms with Crippen molar-refractivity contribution in [2.24, 2.45) is 0 Å². The van der Waals surface area contributed by atoms with Gasteiger partial charge in [0.25, 0.3) is 0 Å². The second-order valence-corrected chi connectivity index (χ2v) is 9.38. The maximum absolute atomic E-state index is 12.6. The van der Waals surface area contributed by atoms with E-state index in [0.717, 1.165) is 0 Å². The number of carbonyl (C=O) groups is 6. The molecular weight excluding hydrogens is 655 g/mol. The van der Waals surface area contributed by atoms with Crippen LogP contribution in [-0.4, -0.2) is 134 Å². The van der Waals surface area contributed by atoms with Gasteiger partial charge in [-0.1, -0.05) is 15.9 Å². The Kier molecular flexibility index (Phi) is 23.8. The van der Waals surface area contributed by atoms with Gasteiger partial charge >= 0.3 is 12.0 Å². The number of nitrogens with zero attached hydrogens (tertiary/aromatic N) is 1. The molecule has 0 aliphatic carbocycles. The fraction of sp³-hybridized carbons (Fsp3) is 0.739. The van der Waals surface area contributed by atoms with Gasteiger partial charge in [-0.25, -0.2) is 9.59 Å². The van der Waals surface area contributed by atoms with Gasteiger partial charge in [0, 0.05) is 39.3 Å². The molecule has 6 amide bonds. The summed E-state index contributed by atoms with van der Waals surface area (Å²) < 4.78 is 10.4. The number of carbonyl (C=O) groups excluding carboxylic acids is 5. The molecular formula is C23H39BrCl2N6O9. The average Bonchev–Trinajstić information content (AvgIpc) is 2.95. The molecule has 15 nitrogen and oxygen atoms in total. The first-order chi connectivity index (χ1) is 19.6. The van der Waals surface area contributed by atoms with E-state index in [-0.39, 0.29) is 100 Å². The second-order valence-electron chi connectivity index (χ2n) is 8.29. The predicted octanol–water partition coefficient (Wildman–Crippen LogP) is -1.01. The zero-order valence-electron chi connectivity index (χ0n) is 22.7. The molecule has 0 bridgehead atoms. The number of ether oxygens (including phenoxy) is 2. The molecule has 1 atom stereocenters. The van der Waals surface area contributed by atoms with Crippen molar-refractivity contribution in [1.82, 2.24) is 31.5 Å². The third-order valence-corrected chi connectivity index (χ3v) is 6.06. The van der Waals surface area contributed by atoms with Crippen molar-refractivity contribution in [2.75, 3.05) is 82.8 Å². The monoisotopic (exact) mass is 692 g/mol. The highest BCUT2D eigenvalue weighted by Crippen LogP contribution is 2.02. The van der Waals surface area contributed by atoms with E-state index in [1.165, 1.54) is 4.90 Å². The van der Waals surface area contributed by atoms with Gasteiger partial charge in [0.2, 0.25) is 23.6 Å². The van der Waals surface area contributed by atoms with Gasteiger partial charge < -0.3 is 46.1 Å². The molecule has 0 unspecified atom stereocenters. The van der Waals surface area contributed by atoms with Crippen LogP contribution in [0.4, 0.5) is 4.79 Å². The van der Waals surface area contributed by atoms with Crippen molar-refractivity contribution in [1.29, 1.82) is 0 Å². The van der Waals surface area contributed by atoms with Crippen molar-refractivity contribution >= 4 is 74.8 Å². The minimum atomic E-state index is -1.19. The van der Waals surface area contributed by atoms with Gasteiger partial charge in [-0.2, -0.15) is 0 Å². The highest BCUT2D eigenvalue weighted by atomic mass is 79.9. The summed E-state index contributed by atoms with van der Waals surface area (Å²) in [5.41, 5.74) is 0. The first-order valence-electron chi connectivity index (χ1n) is 12.8. The Morgan fingerprint density at radius 2 is 1.32 bits per heavy atom. The Hall–Kier alpha value is -2.40. The number of urea groups is 1. The summed E-state index contributed by atoms with van der Waals surface area (Å²) >= 11 is 13.9. The van der Waals surface area contributed by atoms with E-state index in [2.05, 4.69) is 42.5 Å². The lowest BCUT2D eigenvalue weighted by Gasteiger charge is -2.23. The lowest BCUT2D eigenvalue weighted by molar-refractivity contribution is -0.142. The molecule has 0 aromatic carbocycles. The van der Waals surface area contributed by atoms with Gasteiger partial charge in [-0.15, -0.1) is 23.2 Å². The molecule has 0 rings (SSSR count). The largest absolute Gasteiger partial charge is 0.480 e. The molecule has 18 heteroatoms. The number of hydrogen-bond donors (Lipinski definition) is 6. The minimum absolute atomic E-state index is 0.117. The highest BCUT2D eigenvalue weighted by Gasteiger charge is 2.20. The van der Waals surface area contributed by atoms with Crippen LogP contribution in [0.3, 0.4) is 0 Å². The molecule has 0 saturated heterocycles. The molecule has 0 aliphatic rings. The Bertz CT molecular complexity index is 806. The maximum atomic E-state index is 12.6. The molecule has 0 saturated carbocycles. The summed E-state index contributed by atoms with van der Waals surface area (Å²) in [4.78, 5) is 71.2. The Morgan fingerprint density at radius 1 is 0.732 bits per heavy atom. The van der Waals surface area contributed by atoms with E-state index in [4.69, 9.17) is 32.7 Å². The zero-order chi connectivity index (χ0) is 30.9. The molecule has 0 radical (unpaired) electrons. The molecule has 41 heavy (non-hydrogen) atoms. The Labute approximate surface area is 257 Å². The number of amides is 6. The van der Waals surface area contributed by atoms with Crippen LogP contribution in [0.5, 0.6) is 0 Å². The lowest BCUT2D eigenvalue weighted by atomic mass is 10.1. The standard InChI is InChI=1S/C23H39BrCl2N6O9/c24-13-18(33)29-7-10-40-11-12-41-16-21(36)31-17(22(37)38)3-1-2-4-30-23(39)32(8-5-27-19(34)14-25)9-6-28-20(35)15-26/h17H,1-16H2,(H,27,34)(H,28,35)(H,29,33)(H,30,39)(H,31,36)(H,37,38)/t17-/m0/s1. The van der Waals surface area contributed by atoms with Gasteiger partial charge in [-0.3, -0.25) is 19.2 Å². The van der Waals surface area contributed by atoms with Crippen molar-refractivity contribution < 1.29 is 43.3 Å². The van der Waals surface area contributed by atoms with E-state index >= 15 is 0 Å². The van der Waals surface area contributed by atoms with Gasteiger partial charge in [0.15, 0.2) is 0 Å². The molecule has 0 aliphatic heterocycles. The van der Waals surface area contributed by atoms with Crippen LogP contribution in [0, 0.1) is 0 Å². The molecule has 6 N–H and O–H groups in total. The van der Waals surface area contributed by atoms with Crippen molar-refractivity contribution in [2.45, 2.75) is 25.3 Å². The first kappa shape index (κ1) is 38.6. The number of aliphatic carboxylic acids is 1. The summed E-state index contributed by atoms with van der Waals surface area (Å²) in [6.07, 6.45) is 0.976. The highest BCUT2D eigenvalue weighted by molar-refractivity contribution is 9.09. The zero-order valence-corrected chi connectivity index (χ0v) is 25.8. The smallest absolute Gasteiger partial charge is 0.326 e.